The van der Waals surface area contributed by atoms with Crippen LogP contribution in [0.1, 0.15) is 56.6 Å². The van der Waals surface area contributed by atoms with Crippen molar-refractivity contribution in [1.82, 2.24) is 9.80 Å². The van der Waals surface area contributed by atoms with Crippen LogP contribution in [0, 0.1) is 11.3 Å². The van der Waals surface area contributed by atoms with Crippen molar-refractivity contribution in [3.8, 4) is 6.07 Å². The van der Waals surface area contributed by atoms with Gasteiger partial charge in [0.15, 0.2) is 0 Å². The molecule has 4 heteroatoms. The molecule has 1 aliphatic carbocycles. The van der Waals surface area contributed by atoms with Gasteiger partial charge >= 0.3 is 0 Å². The van der Waals surface area contributed by atoms with Gasteiger partial charge in [-0.15, -0.1) is 0 Å². The van der Waals surface area contributed by atoms with Crippen molar-refractivity contribution in [2.45, 2.75) is 56.5 Å². The molecule has 0 radical (unpaired) electrons. The molecule has 1 aliphatic heterocycles. The lowest BCUT2D eigenvalue weighted by molar-refractivity contribution is -0.136. The van der Waals surface area contributed by atoms with Gasteiger partial charge < -0.3 is 4.90 Å². The van der Waals surface area contributed by atoms with Crippen LogP contribution in [0.5, 0.6) is 0 Å². The summed E-state index contributed by atoms with van der Waals surface area (Å²) in [5.74, 6) is 0.0845. The van der Waals surface area contributed by atoms with Crippen molar-refractivity contribution >= 4 is 5.91 Å². The van der Waals surface area contributed by atoms with Crippen LogP contribution in [0.15, 0.2) is 30.3 Å². The first-order valence-electron chi connectivity index (χ1n) is 9.13. The summed E-state index contributed by atoms with van der Waals surface area (Å²) in [5.41, 5.74) is 0.704. The number of likely N-dealkylation sites (N-methyl/N-ethyl adjacent to an activating group) is 1. The first-order valence-corrected chi connectivity index (χ1v) is 9.13. The molecular weight excluding hydrogens is 298 g/mol. The maximum absolute atomic E-state index is 12.9. The highest BCUT2D eigenvalue weighted by atomic mass is 16.2. The molecule has 2 fully saturated rings. The number of nitriles is 1. The normalized spacial score (nSPS) is 23.6. The Balaban J connectivity index is 1.68. The third-order valence-electron chi connectivity index (χ3n) is 5.79. The monoisotopic (exact) mass is 325 g/mol. The molecule has 1 aromatic carbocycles. The lowest BCUT2D eigenvalue weighted by atomic mass is 9.81. The smallest absolute Gasteiger partial charge is 0.237 e. The van der Waals surface area contributed by atoms with E-state index >= 15 is 0 Å². The Hall–Kier alpha value is -1.86. The van der Waals surface area contributed by atoms with Gasteiger partial charge in [0, 0.05) is 13.1 Å². The van der Waals surface area contributed by atoms with Crippen molar-refractivity contribution in [1.29, 1.82) is 5.26 Å². The summed E-state index contributed by atoms with van der Waals surface area (Å²) in [7, 11) is 1.82. The van der Waals surface area contributed by atoms with Crippen molar-refractivity contribution in [2.75, 3.05) is 20.1 Å². The molecule has 1 saturated carbocycles. The SMILES string of the molecule is CN(C(=O)CN1CCC[C@H]1c1ccccc1)C1(C#N)CCCCC1. The summed E-state index contributed by atoms with van der Waals surface area (Å²) in [5, 5.41) is 9.69. The van der Waals surface area contributed by atoms with Crippen LogP contribution in [0.25, 0.3) is 0 Å². The van der Waals surface area contributed by atoms with E-state index < -0.39 is 5.54 Å². The molecule has 2 aliphatic rings. The maximum Gasteiger partial charge on any atom is 0.237 e. The zero-order valence-corrected chi connectivity index (χ0v) is 14.6. The third kappa shape index (κ3) is 3.32. The molecule has 3 rings (SSSR count). The fraction of sp³-hybridized carbons (Fsp3) is 0.600. The summed E-state index contributed by atoms with van der Waals surface area (Å²) >= 11 is 0. The van der Waals surface area contributed by atoms with Gasteiger partial charge in [0.25, 0.3) is 0 Å². The summed E-state index contributed by atoms with van der Waals surface area (Å²) < 4.78 is 0. The zero-order chi connectivity index (χ0) is 17.0. The fourth-order valence-electron chi connectivity index (χ4n) is 4.25. The average Bonchev–Trinajstić information content (AvgIpc) is 3.10. The molecule has 0 aromatic heterocycles. The van der Waals surface area contributed by atoms with Crippen molar-refractivity contribution in [3.05, 3.63) is 35.9 Å². The van der Waals surface area contributed by atoms with Gasteiger partial charge in [0.05, 0.1) is 12.6 Å². The summed E-state index contributed by atoms with van der Waals surface area (Å²) in [6.45, 7) is 1.37. The minimum absolute atomic E-state index is 0.0845. The number of nitrogens with zero attached hydrogens (tertiary/aromatic N) is 3. The van der Waals surface area contributed by atoms with Crippen LogP contribution in [-0.2, 0) is 4.79 Å². The molecule has 0 N–H and O–H groups in total. The Kier molecular flexibility index (Phi) is 5.20. The number of rotatable bonds is 4. The highest BCUT2D eigenvalue weighted by Gasteiger charge is 2.39. The van der Waals surface area contributed by atoms with Crippen LogP contribution in [0.3, 0.4) is 0 Å². The van der Waals surface area contributed by atoms with Gasteiger partial charge in [0.2, 0.25) is 5.91 Å². The van der Waals surface area contributed by atoms with Crippen LogP contribution >= 0.6 is 0 Å². The molecule has 0 spiro atoms. The summed E-state index contributed by atoms with van der Waals surface area (Å²) in [4.78, 5) is 16.9. The van der Waals surface area contributed by atoms with Crippen molar-refractivity contribution in [3.63, 3.8) is 0 Å². The first kappa shape index (κ1) is 17.0. The number of amides is 1. The number of hydrogen-bond donors (Lipinski definition) is 0. The third-order valence-corrected chi connectivity index (χ3v) is 5.79. The Morgan fingerprint density at radius 2 is 1.96 bits per heavy atom. The molecule has 24 heavy (non-hydrogen) atoms. The first-order chi connectivity index (χ1) is 11.7. The second-order valence-electron chi connectivity index (χ2n) is 7.20. The molecule has 0 unspecified atom stereocenters. The number of hydrogen-bond acceptors (Lipinski definition) is 3. The van der Waals surface area contributed by atoms with E-state index in [4.69, 9.17) is 0 Å². The Morgan fingerprint density at radius 1 is 1.25 bits per heavy atom. The van der Waals surface area contributed by atoms with Gasteiger partial charge in [-0.25, -0.2) is 0 Å². The molecule has 1 heterocycles. The van der Waals surface area contributed by atoms with Crippen LogP contribution in [0.2, 0.25) is 0 Å². The van der Waals surface area contributed by atoms with Crippen LogP contribution < -0.4 is 0 Å². The largest absolute Gasteiger partial charge is 0.326 e. The minimum Gasteiger partial charge on any atom is -0.326 e. The lowest BCUT2D eigenvalue weighted by Gasteiger charge is -2.40. The summed E-state index contributed by atoms with van der Waals surface area (Å²) in [6, 6.07) is 13.2. The van der Waals surface area contributed by atoms with E-state index in [0.717, 1.165) is 45.1 Å². The molecule has 1 saturated heterocycles. The Bertz CT molecular complexity index is 601. The number of likely N-dealkylation sites (tertiary alicyclic amines) is 1. The Morgan fingerprint density at radius 3 is 2.62 bits per heavy atom. The Labute approximate surface area is 145 Å². The minimum atomic E-state index is -0.586. The zero-order valence-electron chi connectivity index (χ0n) is 14.6. The second-order valence-corrected chi connectivity index (χ2v) is 7.20. The molecule has 0 bridgehead atoms. The second kappa shape index (κ2) is 7.36. The van der Waals surface area contributed by atoms with E-state index in [9.17, 15) is 10.1 Å². The topological polar surface area (TPSA) is 47.3 Å². The highest BCUT2D eigenvalue weighted by Crippen LogP contribution is 2.34. The molecule has 1 aromatic rings. The van der Waals surface area contributed by atoms with E-state index in [1.165, 1.54) is 12.0 Å². The van der Waals surface area contributed by atoms with E-state index in [-0.39, 0.29) is 5.91 Å². The quantitative estimate of drug-likeness (QED) is 0.851. The molecule has 4 nitrogen and oxygen atoms in total. The van der Waals surface area contributed by atoms with Gasteiger partial charge in [-0.05, 0) is 37.8 Å². The van der Waals surface area contributed by atoms with E-state index in [0.29, 0.717) is 12.6 Å². The molecule has 128 valence electrons. The lowest BCUT2D eigenvalue weighted by Crippen LogP contribution is -2.52. The van der Waals surface area contributed by atoms with E-state index in [2.05, 4.69) is 35.2 Å². The molecule has 1 atom stereocenters. The predicted octanol–water partition coefficient (Wildman–Crippen LogP) is 3.51. The predicted molar refractivity (Wildman–Crippen MR) is 94.2 cm³/mol. The van der Waals surface area contributed by atoms with E-state index in [1.807, 2.05) is 13.1 Å². The van der Waals surface area contributed by atoms with Crippen LogP contribution in [-0.4, -0.2) is 41.4 Å². The molecule has 1 amide bonds. The number of carbonyl (C=O) groups is 1. The standard InChI is InChI=1S/C20H27N3O/c1-22(20(16-21)12-6-3-7-13-20)19(24)15-23-14-8-11-18(23)17-9-4-2-5-10-17/h2,4-5,9-10,18H,3,6-8,11-15H2,1H3/t18-/m0/s1. The van der Waals surface area contributed by atoms with E-state index in [1.54, 1.807) is 4.90 Å². The van der Waals surface area contributed by atoms with Crippen LogP contribution in [0.4, 0.5) is 0 Å². The summed E-state index contributed by atoms with van der Waals surface area (Å²) in [6.07, 6.45) is 7.11. The average molecular weight is 325 g/mol. The number of benzene rings is 1. The van der Waals surface area contributed by atoms with Crippen molar-refractivity contribution < 1.29 is 4.79 Å². The highest BCUT2D eigenvalue weighted by molar-refractivity contribution is 5.79. The fourth-order valence-corrected chi connectivity index (χ4v) is 4.25. The maximum atomic E-state index is 12.9. The van der Waals surface area contributed by atoms with Gasteiger partial charge in [-0.2, -0.15) is 5.26 Å². The number of carbonyl (C=O) groups excluding carboxylic acids is 1. The molecular formula is C20H27N3O. The van der Waals surface area contributed by atoms with Gasteiger partial charge in [0.1, 0.15) is 5.54 Å². The van der Waals surface area contributed by atoms with Crippen molar-refractivity contribution in [2.24, 2.45) is 0 Å². The van der Waals surface area contributed by atoms with Gasteiger partial charge in [-0.1, -0.05) is 49.6 Å². The van der Waals surface area contributed by atoms with Gasteiger partial charge in [-0.3, -0.25) is 9.69 Å².